The molecule has 5 heteroatoms. The van der Waals surface area contributed by atoms with Crippen LogP contribution >= 0.6 is 0 Å². The number of carbonyl (C=O) groups excluding carboxylic acids is 1. The highest BCUT2D eigenvalue weighted by molar-refractivity contribution is 5.75. The Kier molecular flexibility index (Phi) is 3.95. The van der Waals surface area contributed by atoms with Gasteiger partial charge >= 0.3 is 5.97 Å². The van der Waals surface area contributed by atoms with E-state index in [4.69, 9.17) is 4.74 Å². The fraction of sp³-hybridized carbons (Fsp3) is 0.722. The molecule has 2 saturated carbocycles. The first-order chi connectivity index (χ1) is 11.2. The van der Waals surface area contributed by atoms with Gasteiger partial charge in [-0.3, -0.25) is 4.79 Å². The molecule has 1 aromatic heterocycles. The molecule has 3 aliphatic rings. The van der Waals surface area contributed by atoms with Crippen LogP contribution in [0.25, 0.3) is 0 Å². The summed E-state index contributed by atoms with van der Waals surface area (Å²) in [4.78, 5) is 23.5. The van der Waals surface area contributed by atoms with Crippen LogP contribution in [0.1, 0.15) is 49.9 Å². The number of carbonyl (C=O) groups is 1. The predicted octanol–water partition coefficient (Wildman–Crippen LogP) is 2.86. The smallest absolute Gasteiger partial charge is 0.309 e. The lowest BCUT2D eigenvalue weighted by molar-refractivity contribution is -0.147. The molecule has 0 radical (unpaired) electrons. The van der Waals surface area contributed by atoms with Crippen molar-refractivity contribution in [2.75, 3.05) is 18.0 Å². The van der Waals surface area contributed by atoms with Crippen molar-refractivity contribution in [1.29, 1.82) is 0 Å². The van der Waals surface area contributed by atoms with Crippen LogP contribution in [0, 0.1) is 24.7 Å². The largest absolute Gasteiger partial charge is 0.459 e. The van der Waals surface area contributed by atoms with E-state index >= 15 is 0 Å². The van der Waals surface area contributed by atoms with Crippen LogP contribution in [0.3, 0.4) is 0 Å². The van der Waals surface area contributed by atoms with Gasteiger partial charge < -0.3 is 9.64 Å². The summed E-state index contributed by atoms with van der Waals surface area (Å²) in [7, 11) is 0. The Hall–Kier alpha value is -1.65. The van der Waals surface area contributed by atoms with Crippen molar-refractivity contribution in [1.82, 2.24) is 9.97 Å². The molecule has 124 valence electrons. The third-order valence-corrected chi connectivity index (χ3v) is 5.27. The number of piperidine rings is 1. The highest BCUT2D eigenvalue weighted by Gasteiger charge is 2.52. The molecule has 0 spiro atoms. The quantitative estimate of drug-likeness (QED) is 0.782. The van der Waals surface area contributed by atoms with Gasteiger partial charge in [0.05, 0.1) is 11.6 Å². The molecule has 4 rings (SSSR count). The van der Waals surface area contributed by atoms with Crippen LogP contribution in [0.15, 0.2) is 6.07 Å². The van der Waals surface area contributed by atoms with E-state index in [1.165, 1.54) is 32.1 Å². The summed E-state index contributed by atoms with van der Waals surface area (Å²) in [5.41, 5.74) is 1.75. The molecule has 0 unspecified atom stereocenters. The summed E-state index contributed by atoms with van der Waals surface area (Å²) in [5.74, 6) is 2.33. The van der Waals surface area contributed by atoms with E-state index in [1.54, 1.807) is 0 Å². The van der Waals surface area contributed by atoms with Crippen LogP contribution < -0.4 is 4.90 Å². The summed E-state index contributed by atoms with van der Waals surface area (Å²) < 4.78 is 5.51. The summed E-state index contributed by atoms with van der Waals surface area (Å²) in [5, 5.41) is 0. The molecular weight excluding hydrogens is 290 g/mol. The average molecular weight is 315 g/mol. The SMILES string of the molecule is Cc1cc(COC(=O)[C@@H]2C[C@H]2C2CC2)nc(N2CCCCC2)n1. The second-order valence-corrected chi connectivity index (χ2v) is 7.30. The van der Waals surface area contributed by atoms with Gasteiger partial charge in [0.1, 0.15) is 6.61 Å². The first-order valence-corrected chi connectivity index (χ1v) is 8.97. The third kappa shape index (κ3) is 3.48. The molecule has 1 aromatic rings. The minimum atomic E-state index is -0.0299. The number of hydrogen-bond acceptors (Lipinski definition) is 5. The van der Waals surface area contributed by atoms with Crippen molar-refractivity contribution >= 4 is 11.9 Å². The summed E-state index contributed by atoms with van der Waals surface area (Å²) in [6.07, 6.45) is 7.33. The predicted molar refractivity (Wildman–Crippen MR) is 87.0 cm³/mol. The molecule has 2 atom stereocenters. The Morgan fingerprint density at radius 2 is 2.04 bits per heavy atom. The fourth-order valence-electron chi connectivity index (χ4n) is 3.71. The zero-order valence-corrected chi connectivity index (χ0v) is 13.8. The number of ether oxygens (including phenoxy) is 1. The molecule has 0 bridgehead atoms. The summed E-state index contributed by atoms with van der Waals surface area (Å²) >= 11 is 0. The van der Waals surface area contributed by atoms with Gasteiger partial charge in [0.15, 0.2) is 0 Å². The molecule has 0 amide bonds. The van der Waals surface area contributed by atoms with Crippen LogP contribution in [-0.2, 0) is 16.1 Å². The number of hydrogen-bond donors (Lipinski definition) is 0. The standard InChI is InChI=1S/C18H25N3O2/c1-12-9-14(20-18(19-12)21-7-3-2-4-8-21)11-23-17(22)16-10-15(16)13-5-6-13/h9,13,15-16H,2-8,10-11H2,1H3/t15-,16+/m0/s1. The Morgan fingerprint density at radius 3 is 2.78 bits per heavy atom. The van der Waals surface area contributed by atoms with Gasteiger partial charge in [-0.1, -0.05) is 0 Å². The fourth-order valence-corrected chi connectivity index (χ4v) is 3.71. The zero-order chi connectivity index (χ0) is 15.8. The molecule has 0 N–H and O–H groups in total. The van der Waals surface area contributed by atoms with Gasteiger partial charge in [-0.2, -0.15) is 0 Å². The van der Waals surface area contributed by atoms with Crippen molar-refractivity contribution in [2.45, 2.75) is 52.1 Å². The van der Waals surface area contributed by atoms with E-state index in [-0.39, 0.29) is 18.5 Å². The summed E-state index contributed by atoms with van der Waals surface area (Å²) in [6, 6.07) is 1.92. The molecule has 2 aliphatic carbocycles. The van der Waals surface area contributed by atoms with Crippen LogP contribution in [-0.4, -0.2) is 29.0 Å². The number of aromatic nitrogens is 2. The first-order valence-electron chi connectivity index (χ1n) is 8.97. The van der Waals surface area contributed by atoms with Crippen molar-refractivity contribution < 1.29 is 9.53 Å². The minimum absolute atomic E-state index is 0.0299. The first kappa shape index (κ1) is 14.9. The molecule has 5 nitrogen and oxygen atoms in total. The van der Waals surface area contributed by atoms with Gasteiger partial charge in [0.2, 0.25) is 5.95 Å². The number of rotatable bonds is 5. The number of nitrogens with zero attached hydrogens (tertiary/aromatic N) is 3. The van der Waals surface area contributed by atoms with Gasteiger partial charge in [-0.25, -0.2) is 9.97 Å². The number of anilines is 1. The molecule has 3 fully saturated rings. The highest BCUT2D eigenvalue weighted by atomic mass is 16.5. The lowest BCUT2D eigenvalue weighted by Crippen LogP contribution is -2.31. The Bertz CT molecular complexity index is 594. The summed E-state index contributed by atoms with van der Waals surface area (Å²) in [6.45, 7) is 4.29. The second-order valence-electron chi connectivity index (χ2n) is 7.30. The number of aryl methyl sites for hydroxylation is 1. The minimum Gasteiger partial charge on any atom is -0.459 e. The molecule has 23 heavy (non-hydrogen) atoms. The van der Waals surface area contributed by atoms with E-state index < -0.39 is 0 Å². The van der Waals surface area contributed by atoms with Crippen molar-refractivity contribution in [3.63, 3.8) is 0 Å². The van der Waals surface area contributed by atoms with Gasteiger partial charge in [-0.05, 0) is 63.4 Å². The second kappa shape index (κ2) is 6.10. The third-order valence-electron chi connectivity index (χ3n) is 5.27. The van der Waals surface area contributed by atoms with E-state index in [2.05, 4.69) is 14.9 Å². The lowest BCUT2D eigenvalue weighted by Gasteiger charge is -2.27. The van der Waals surface area contributed by atoms with Gasteiger partial charge in [0, 0.05) is 18.8 Å². The molecular formula is C18H25N3O2. The van der Waals surface area contributed by atoms with Crippen LogP contribution in [0.2, 0.25) is 0 Å². The highest BCUT2D eigenvalue weighted by Crippen LogP contribution is 2.54. The van der Waals surface area contributed by atoms with Crippen molar-refractivity contribution in [3.8, 4) is 0 Å². The Morgan fingerprint density at radius 1 is 1.26 bits per heavy atom. The van der Waals surface area contributed by atoms with E-state index in [0.29, 0.717) is 5.92 Å². The molecule has 1 aliphatic heterocycles. The lowest BCUT2D eigenvalue weighted by atomic mass is 10.1. The monoisotopic (exact) mass is 315 g/mol. The van der Waals surface area contributed by atoms with E-state index in [9.17, 15) is 4.79 Å². The number of esters is 1. The maximum atomic E-state index is 12.1. The van der Waals surface area contributed by atoms with Crippen LogP contribution in [0.4, 0.5) is 5.95 Å². The van der Waals surface area contributed by atoms with Crippen molar-refractivity contribution in [2.24, 2.45) is 17.8 Å². The molecule has 2 heterocycles. The maximum Gasteiger partial charge on any atom is 0.309 e. The topological polar surface area (TPSA) is 55.3 Å². The van der Waals surface area contributed by atoms with Gasteiger partial charge in [0.25, 0.3) is 0 Å². The zero-order valence-electron chi connectivity index (χ0n) is 13.8. The van der Waals surface area contributed by atoms with Crippen molar-refractivity contribution in [3.05, 3.63) is 17.5 Å². The van der Waals surface area contributed by atoms with Gasteiger partial charge in [-0.15, -0.1) is 0 Å². The van der Waals surface area contributed by atoms with Crippen LogP contribution in [0.5, 0.6) is 0 Å². The normalized spacial score (nSPS) is 26.9. The maximum absolute atomic E-state index is 12.1. The average Bonchev–Trinajstić information content (AvgIpc) is 3.45. The van der Waals surface area contributed by atoms with E-state index in [0.717, 1.165) is 42.8 Å². The Labute approximate surface area is 137 Å². The molecule has 1 saturated heterocycles. The van der Waals surface area contributed by atoms with E-state index in [1.807, 2.05) is 13.0 Å². The molecule has 0 aromatic carbocycles. The Balaban J connectivity index is 1.36.